The Balaban J connectivity index is 1.02. The number of nitrogens with zero attached hydrogens (tertiary/aromatic N) is 1. The van der Waals surface area contributed by atoms with Crippen molar-refractivity contribution in [3.8, 4) is 39.1 Å². The van der Waals surface area contributed by atoms with E-state index < -0.39 is 5.41 Å². The van der Waals surface area contributed by atoms with Gasteiger partial charge in [-0.3, -0.25) is 0 Å². The van der Waals surface area contributed by atoms with E-state index in [0.29, 0.717) is 0 Å². The molecule has 1 aliphatic heterocycles. The number of hydrogen-bond donors (Lipinski definition) is 0. The van der Waals surface area contributed by atoms with E-state index in [-0.39, 0.29) is 17.4 Å². The minimum absolute atomic E-state index is 0.0443. The van der Waals surface area contributed by atoms with Crippen LogP contribution in [0.25, 0.3) is 44.2 Å². The van der Waals surface area contributed by atoms with Gasteiger partial charge in [0.05, 0.1) is 11.3 Å². The van der Waals surface area contributed by atoms with Crippen LogP contribution in [-0.2, 0) is 10.8 Å². The Labute approximate surface area is 375 Å². The zero-order valence-electron chi connectivity index (χ0n) is 35.9. The molecule has 1 heterocycles. The molecule has 2 nitrogen and oxygen atoms in total. The molecule has 0 spiro atoms. The second kappa shape index (κ2) is 13.9. The summed E-state index contributed by atoms with van der Waals surface area (Å²) in [6, 6.07) is 76.5. The second-order valence-corrected chi connectivity index (χ2v) is 18.3. The molecular formula is C62H45NO. The third-order valence-corrected chi connectivity index (χ3v) is 14.7. The summed E-state index contributed by atoms with van der Waals surface area (Å²) in [7, 11) is 0. The van der Waals surface area contributed by atoms with E-state index in [0.717, 1.165) is 17.1 Å². The van der Waals surface area contributed by atoms with Crippen LogP contribution in [0.5, 0.6) is 5.75 Å². The minimum atomic E-state index is -0.479. The fourth-order valence-corrected chi connectivity index (χ4v) is 11.9. The lowest BCUT2D eigenvalue weighted by Gasteiger charge is -2.36. The molecule has 64 heavy (non-hydrogen) atoms. The predicted molar refractivity (Wildman–Crippen MR) is 264 cm³/mol. The average molecular weight is 820 g/mol. The van der Waals surface area contributed by atoms with Crippen LogP contribution in [0.15, 0.2) is 230 Å². The van der Waals surface area contributed by atoms with E-state index in [9.17, 15) is 0 Å². The van der Waals surface area contributed by atoms with Crippen molar-refractivity contribution in [3.63, 3.8) is 0 Å². The number of benzene rings is 9. The Morgan fingerprint density at radius 2 is 1.00 bits per heavy atom. The molecule has 4 aliphatic rings. The van der Waals surface area contributed by atoms with Crippen molar-refractivity contribution in [2.24, 2.45) is 0 Å². The van der Waals surface area contributed by atoms with Gasteiger partial charge in [-0.05, 0) is 120 Å². The van der Waals surface area contributed by atoms with E-state index in [2.05, 4.69) is 243 Å². The van der Waals surface area contributed by atoms with Gasteiger partial charge in [-0.1, -0.05) is 196 Å². The van der Waals surface area contributed by atoms with Gasteiger partial charge in [0.1, 0.15) is 11.9 Å². The number of fused-ring (bicyclic) bond motifs is 11. The summed E-state index contributed by atoms with van der Waals surface area (Å²) in [5.41, 5.74) is 19.5. The van der Waals surface area contributed by atoms with E-state index in [1.165, 1.54) is 88.8 Å². The van der Waals surface area contributed by atoms with Crippen LogP contribution >= 0.6 is 0 Å². The summed E-state index contributed by atoms with van der Waals surface area (Å²) >= 11 is 0. The molecule has 0 radical (unpaired) electrons. The molecule has 0 bridgehead atoms. The maximum atomic E-state index is 7.04. The van der Waals surface area contributed by atoms with Gasteiger partial charge in [-0.15, -0.1) is 0 Å². The highest BCUT2D eigenvalue weighted by atomic mass is 16.5. The van der Waals surface area contributed by atoms with Gasteiger partial charge >= 0.3 is 0 Å². The SMILES string of the molecule is CC1(C)c2ccccc2-c2ccc(N(C3=CC=CC4Oc5cc(-c6ccccc6)c6ccccc6c5C34)c3ccc(C4(c5ccccc5)c5ccccc5-c5ccccc54)cc3)cc21. The first-order valence-corrected chi connectivity index (χ1v) is 22.6. The molecule has 9 aromatic carbocycles. The summed E-state index contributed by atoms with van der Waals surface area (Å²) in [4.78, 5) is 2.52. The Bertz CT molecular complexity index is 3350. The first-order chi connectivity index (χ1) is 31.5. The van der Waals surface area contributed by atoms with Crippen LogP contribution in [0.2, 0.25) is 0 Å². The molecule has 0 N–H and O–H groups in total. The smallest absolute Gasteiger partial charge is 0.130 e. The quantitative estimate of drug-likeness (QED) is 0.166. The van der Waals surface area contributed by atoms with E-state index >= 15 is 0 Å². The van der Waals surface area contributed by atoms with Crippen molar-refractivity contribution in [1.82, 2.24) is 0 Å². The number of rotatable bonds is 6. The summed E-state index contributed by atoms with van der Waals surface area (Å²) in [6.07, 6.45) is 6.62. The van der Waals surface area contributed by atoms with Crippen LogP contribution in [0.4, 0.5) is 11.4 Å². The third-order valence-electron chi connectivity index (χ3n) is 14.7. The highest BCUT2D eigenvalue weighted by Crippen LogP contribution is 2.58. The zero-order valence-corrected chi connectivity index (χ0v) is 35.9. The summed E-state index contributed by atoms with van der Waals surface area (Å²) < 4.78 is 7.04. The molecule has 2 atom stereocenters. The van der Waals surface area contributed by atoms with Crippen molar-refractivity contribution >= 4 is 22.1 Å². The fourth-order valence-electron chi connectivity index (χ4n) is 11.9. The topological polar surface area (TPSA) is 12.5 Å². The number of anilines is 2. The molecule has 2 unspecified atom stereocenters. The lowest BCUT2D eigenvalue weighted by atomic mass is 9.67. The highest BCUT2D eigenvalue weighted by Gasteiger charge is 2.47. The molecule has 0 aromatic heterocycles. The monoisotopic (exact) mass is 819 g/mol. The molecule has 0 saturated carbocycles. The highest BCUT2D eigenvalue weighted by molar-refractivity contribution is 6.01. The molecule has 0 amide bonds. The van der Waals surface area contributed by atoms with Crippen molar-refractivity contribution in [1.29, 1.82) is 0 Å². The van der Waals surface area contributed by atoms with Gasteiger partial charge in [0.15, 0.2) is 0 Å². The van der Waals surface area contributed by atoms with Gasteiger partial charge in [-0.2, -0.15) is 0 Å². The van der Waals surface area contributed by atoms with Crippen LogP contribution in [0.3, 0.4) is 0 Å². The lowest BCUT2D eigenvalue weighted by Crippen LogP contribution is -2.30. The first-order valence-electron chi connectivity index (χ1n) is 22.6. The maximum absolute atomic E-state index is 7.04. The van der Waals surface area contributed by atoms with Gasteiger partial charge in [0, 0.05) is 28.1 Å². The molecule has 0 fully saturated rings. The fraction of sp³-hybridized carbons (Fsp3) is 0.0968. The number of ether oxygens (including phenoxy) is 1. The summed E-state index contributed by atoms with van der Waals surface area (Å²) in [6.45, 7) is 4.74. The largest absolute Gasteiger partial charge is 0.485 e. The molecule has 9 aromatic rings. The van der Waals surface area contributed by atoms with Crippen LogP contribution in [-0.4, -0.2) is 6.10 Å². The predicted octanol–water partition coefficient (Wildman–Crippen LogP) is 15.3. The van der Waals surface area contributed by atoms with Gasteiger partial charge in [0.2, 0.25) is 0 Å². The van der Waals surface area contributed by atoms with Crippen LogP contribution in [0, 0.1) is 0 Å². The molecule has 0 saturated heterocycles. The number of hydrogen-bond acceptors (Lipinski definition) is 2. The van der Waals surface area contributed by atoms with Gasteiger partial charge in [0.25, 0.3) is 0 Å². The van der Waals surface area contributed by atoms with Gasteiger partial charge in [-0.25, -0.2) is 0 Å². The van der Waals surface area contributed by atoms with E-state index in [4.69, 9.17) is 4.74 Å². The molecule has 13 rings (SSSR count). The van der Waals surface area contributed by atoms with Crippen molar-refractivity contribution < 1.29 is 4.74 Å². The van der Waals surface area contributed by atoms with E-state index in [1.54, 1.807) is 0 Å². The standard InChI is InChI=1S/C62H45NO/c1-61(2)52-27-14-11-23-46(52)49-37-36-44(38-55(49)61)63(56-30-17-31-57-60(56)59-50-26-10-9-22-45(50)51(39-58(59)64-57)40-18-5-3-6-19-40)43-34-32-42(33-35-43)62(41-20-7-4-8-21-41)53-28-15-12-24-47(53)48-25-13-16-29-54(48)62/h3-39,57,60H,1-2H3. The Morgan fingerprint density at radius 1 is 0.453 bits per heavy atom. The Morgan fingerprint density at radius 3 is 1.70 bits per heavy atom. The molecule has 304 valence electrons. The van der Waals surface area contributed by atoms with Crippen molar-refractivity contribution in [2.75, 3.05) is 4.90 Å². The van der Waals surface area contributed by atoms with Crippen molar-refractivity contribution in [3.05, 3.63) is 269 Å². The number of allylic oxidation sites excluding steroid dienone is 2. The lowest BCUT2D eigenvalue weighted by molar-refractivity contribution is 0.264. The van der Waals surface area contributed by atoms with E-state index in [1.807, 2.05) is 0 Å². The summed E-state index contributed by atoms with van der Waals surface area (Å²) in [5, 5.41) is 2.47. The summed E-state index contributed by atoms with van der Waals surface area (Å²) in [5.74, 6) is 0.909. The normalized spacial score (nSPS) is 17.6. The molecule has 3 aliphatic carbocycles. The molecule has 2 heteroatoms. The van der Waals surface area contributed by atoms with Crippen molar-refractivity contribution in [2.45, 2.75) is 36.7 Å². The van der Waals surface area contributed by atoms with Crippen LogP contribution in [0.1, 0.15) is 58.7 Å². The molecular weight excluding hydrogens is 775 g/mol. The maximum Gasteiger partial charge on any atom is 0.130 e. The first kappa shape index (κ1) is 36.9. The Hall–Kier alpha value is -7.68. The van der Waals surface area contributed by atoms with Gasteiger partial charge < -0.3 is 9.64 Å². The zero-order chi connectivity index (χ0) is 42.6. The third kappa shape index (κ3) is 5.14. The average Bonchev–Trinajstić information content (AvgIpc) is 3.96. The minimum Gasteiger partial charge on any atom is -0.485 e. The van der Waals surface area contributed by atoms with Crippen LogP contribution < -0.4 is 9.64 Å². The Kier molecular flexibility index (Phi) is 8.03. The second-order valence-electron chi connectivity index (χ2n) is 18.3.